The minimum atomic E-state index is 0.0236. The van der Waals surface area contributed by atoms with E-state index in [1.165, 1.54) is 25.7 Å². The summed E-state index contributed by atoms with van der Waals surface area (Å²) in [6, 6.07) is 2.30. The summed E-state index contributed by atoms with van der Waals surface area (Å²) in [7, 11) is 0. The Kier molecular flexibility index (Phi) is 7.42. The third-order valence-corrected chi connectivity index (χ3v) is 2.85. The van der Waals surface area contributed by atoms with E-state index in [2.05, 4.69) is 32.2 Å². The molecule has 15 heavy (non-hydrogen) atoms. The first kappa shape index (κ1) is 14.5. The fourth-order valence-corrected chi connectivity index (χ4v) is 1.62. The highest BCUT2D eigenvalue weighted by Gasteiger charge is 2.18. The number of nitrogens with one attached hydrogen (secondary N) is 1. The summed E-state index contributed by atoms with van der Waals surface area (Å²) in [6.07, 6.45) is 6.03. The van der Waals surface area contributed by atoms with Crippen LogP contribution in [0.25, 0.3) is 0 Å². The molecule has 88 valence electrons. The second-order valence-corrected chi connectivity index (χ2v) is 5.09. The van der Waals surface area contributed by atoms with Crippen molar-refractivity contribution in [1.82, 2.24) is 5.32 Å². The van der Waals surface area contributed by atoms with Gasteiger partial charge in [-0.3, -0.25) is 0 Å². The van der Waals surface area contributed by atoms with Crippen LogP contribution in [0.4, 0.5) is 0 Å². The van der Waals surface area contributed by atoms with Gasteiger partial charge in [0.2, 0.25) is 0 Å². The highest BCUT2D eigenvalue weighted by Crippen LogP contribution is 2.22. The lowest BCUT2D eigenvalue weighted by molar-refractivity contribution is 0.294. The zero-order valence-corrected chi connectivity index (χ0v) is 10.8. The first-order valence-electron chi connectivity index (χ1n) is 6.18. The van der Waals surface area contributed by atoms with Crippen molar-refractivity contribution in [3.8, 4) is 6.07 Å². The maximum atomic E-state index is 8.82. The highest BCUT2D eigenvalue weighted by atomic mass is 14.9. The Balaban J connectivity index is 3.77. The molecule has 1 unspecified atom stereocenters. The van der Waals surface area contributed by atoms with Crippen LogP contribution in [-0.4, -0.2) is 12.6 Å². The van der Waals surface area contributed by atoms with Gasteiger partial charge in [-0.15, -0.1) is 0 Å². The van der Waals surface area contributed by atoms with E-state index in [-0.39, 0.29) is 6.04 Å². The van der Waals surface area contributed by atoms with Crippen molar-refractivity contribution in [2.24, 2.45) is 5.41 Å². The summed E-state index contributed by atoms with van der Waals surface area (Å²) in [5.41, 5.74) is 0.319. The van der Waals surface area contributed by atoms with E-state index >= 15 is 0 Å². The molecule has 0 spiro atoms. The number of nitriles is 1. The lowest BCUT2D eigenvalue weighted by Gasteiger charge is -2.26. The number of unbranched alkanes of at least 4 members (excludes halogenated alkanes) is 2. The van der Waals surface area contributed by atoms with E-state index in [1.54, 1.807) is 0 Å². The van der Waals surface area contributed by atoms with Crippen LogP contribution in [0.15, 0.2) is 0 Å². The molecule has 0 aliphatic carbocycles. The highest BCUT2D eigenvalue weighted by molar-refractivity contribution is 4.89. The normalized spacial score (nSPS) is 13.5. The van der Waals surface area contributed by atoms with Crippen LogP contribution in [0.2, 0.25) is 0 Å². The molecule has 1 N–H and O–H groups in total. The van der Waals surface area contributed by atoms with Crippen molar-refractivity contribution < 1.29 is 0 Å². The van der Waals surface area contributed by atoms with Crippen LogP contribution in [0, 0.1) is 16.7 Å². The Hall–Kier alpha value is -0.550. The lowest BCUT2D eigenvalue weighted by Crippen LogP contribution is -2.35. The van der Waals surface area contributed by atoms with Gasteiger partial charge in [0.25, 0.3) is 0 Å². The average molecular weight is 210 g/mol. The molecule has 0 heterocycles. The van der Waals surface area contributed by atoms with Gasteiger partial charge in [-0.25, -0.2) is 0 Å². The number of hydrogen-bond acceptors (Lipinski definition) is 2. The first-order chi connectivity index (χ1) is 7.05. The largest absolute Gasteiger partial charge is 0.301 e. The lowest BCUT2D eigenvalue weighted by atomic mass is 9.86. The summed E-state index contributed by atoms with van der Waals surface area (Å²) < 4.78 is 0. The maximum Gasteiger partial charge on any atom is 0.0950 e. The topological polar surface area (TPSA) is 35.8 Å². The molecule has 0 radical (unpaired) electrons. The predicted octanol–water partition coefficient (Wildman–Crippen LogP) is 3.48. The second-order valence-electron chi connectivity index (χ2n) is 5.09. The minimum absolute atomic E-state index is 0.0236. The van der Waals surface area contributed by atoms with E-state index < -0.39 is 0 Å². The Morgan fingerprint density at radius 3 is 2.40 bits per heavy atom. The van der Waals surface area contributed by atoms with Gasteiger partial charge in [-0.2, -0.15) is 5.26 Å². The van der Waals surface area contributed by atoms with Gasteiger partial charge in [0, 0.05) is 6.54 Å². The first-order valence-corrected chi connectivity index (χ1v) is 6.18. The van der Waals surface area contributed by atoms with Gasteiger partial charge in [0.15, 0.2) is 0 Å². The summed E-state index contributed by atoms with van der Waals surface area (Å²) in [5.74, 6) is 0. The van der Waals surface area contributed by atoms with Crippen molar-refractivity contribution in [2.75, 3.05) is 6.54 Å². The molecule has 0 aromatic heterocycles. The van der Waals surface area contributed by atoms with E-state index in [4.69, 9.17) is 5.26 Å². The summed E-state index contributed by atoms with van der Waals surface area (Å²) in [6.45, 7) is 9.78. The molecule has 1 atom stereocenters. The van der Waals surface area contributed by atoms with Crippen LogP contribution >= 0.6 is 0 Å². The molecular formula is C13H26N2. The van der Waals surface area contributed by atoms with Crippen LogP contribution in [-0.2, 0) is 0 Å². The SMILES string of the molecule is CCCCCC(C)(C)CNC(C#N)CC. The van der Waals surface area contributed by atoms with Crippen molar-refractivity contribution in [3.63, 3.8) is 0 Å². The molecule has 0 amide bonds. The quantitative estimate of drug-likeness (QED) is 0.623. The van der Waals surface area contributed by atoms with Gasteiger partial charge in [0.05, 0.1) is 12.1 Å². The van der Waals surface area contributed by atoms with Crippen LogP contribution in [0.3, 0.4) is 0 Å². The Bertz CT molecular complexity index is 191. The summed E-state index contributed by atoms with van der Waals surface area (Å²) in [5, 5.41) is 12.1. The predicted molar refractivity (Wildman–Crippen MR) is 65.6 cm³/mol. The molecular weight excluding hydrogens is 184 g/mol. The standard InChI is InChI=1S/C13H26N2/c1-5-7-8-9-13(3,4)11-15-12(6-2)10-14/h12,15H,5-9,11H2,1-4H3. The third kappa shape index (κ3) is 7.39. The minimum Gasteiger partial charge on any atom is -0.301 e. The molecule has 0 aromatic carbocycles. The van der Waals surface area contributed by atoms with Crippen molar-refractivity contribution >= 4 is 0 Å². The van der Waals surface area contributed by atoms with Crippen LogP contribution in [0.5, 0.6) is 0 Å². The van der Waals surface area contributed by atoms with E-state index in [1.807, 2.05) is 6.92 Å². The molecule has 0 fully saturated rings. The molecule has 0 aromatic rings. The van der Waals surface area contributed by atoms with Crippen LogP contribution < -0.4 is 5.32 Å². The summed E-state index contributed by atoms with van der Waals surface area (Å²) >= 11 is 0. The smallest absolute Gasteiger partial charge is 0.0950 e. The number of hydrogen-bond donors (Lipinski definition) is 1. The molecule has 0 bridgehead atoms. The fourth-order valence-electron chi connectivity index (χ4n) is 1.62. The summed E-state index contributed by atoms with van der Waals surface area (Å²) in [4.78, 5) is 0. The second kappa shape index (κ2) is 7.70. The molecule has 0 aliphatic rings. The molecule has 0 saturated carbocycles. The monoisotopic (exact) mass is 210 g/mol. The number of nitrogens with zero attached hydrogens (tertiary/aromatic N) is 1. The fraction of sp³-hybridized carbons (Fsp3) is 0.923. The van der Waals surface area contributed by atoms with Crippen molar-refractivity contribution in [1.29, 1.82) is 5.26 Å². The Morgan fingerprint density at radius 2 is 1.93 bits per heavy atom. The van der Waals surface area contributed by atoms with E-state index in [0.717, 1.165) is 13.0 Å². The average Bonchev–Trinajstić information content (AvgIpc) is 2.19. The van der Waals surface area contributed by atoms with Crippen molar-refractivity contribution in [2.45, 2.75) is 65.8 Å². The van der Waals surface area contributed by atoms with Gasteiger partial charge in [-0.1, -0.05) is 47.0 Å². The van der Waals surface area contributed by atoms with Crippen molar-refractivity contribution in [3.05, 3.63) is 0 Å². The molecule has 0 saturated heterocycles. The molecule has 0 aliphatic heterocycles. The van der Waals surface area contributed by atoms with E-state index in [9.17, 15) is 0 Å². The van der Waals surface area contributed by atoms with Gasteiger partial charge < -0.3 is 5.32 Å². The van der Waals surface area contributed by atoms with Gasteiger partial charge in [0.1, 0.15) is 0 Å². The van der Waals surface area contributed by atoms with Gasteiger partial charge >= 0.3 is 0 Å². The zero-order valence-electron chi connectivity index (χ0n) is 10.8. The molecule has 2 heteroatoms. The molecule has 2 nitrogen and oxygen atoms in total. The maximum absolute atomic E-state index is 8.82. The zero-order chi connectivity index (χ0) is 11.7. The Labute approximate surface area is 95.1 Å². The number of rotatable bonds is 8. The van der Waals surface area contributed by atoms with Gasteiger partial charge in [-0.05, 0) is 18.3 Å². The Morgan fingerprint density at radius 1 is 1.27 bits per heavy atom. The van der Waals surface area contributed by atoms with E-state index in [0.29, 0.717) is 5.41 Å². The molecule has 0 rings (SSSR count). The van der Waals surface area contributed by atoms with Crippen LogP contribution in [0.1, 0.15) is 59.8 Å². The third-order valence-electron chi connectivity index (χ3n) is 2.85.